The molecular weight excluding hydrogens is 286 g/mol. The van der Waals surface area contributed by atoms with Crippen LogP contribution in [0.3, 0.4) is 0 Å². The molecule has 0 aromatic carbocycles. The van der Waals surface area contributed by atoms with Crippen LogP contribution in [0.25, 0.3) is 0 Å². The van der Waals surface area contributed by atoms with E-state index < -0.39 is 0 Å². The Balaban J connectivity index is 1.81. The number of nitrogen functional groups attached to an aromatic ring is 1. The van der Waals surface area contributed by atoms with Crippen molar-refractivity contribution >= 4 is 17.2 Å². The maximum atomic E-state index is 11.7. The van der Waals surface area contributed by atoms with Crippen LogP contribution in [0, 0.1) is 0 Å². The zero-order valence-electron chi connectivity index (χ0n) is 12.8. The lowest BCUT2D eigenvalue weighted by Crippen LogP contribution is -2.47. The summed E-state index contributed by atoms with van der Waals surface area (Å²) in [5.74, 6) is 5.03. The maximum absolute atomic E-state index is 11.7. The van der Waals surface area contributed by atoms with E-state index in [1.165, 1.54) is 11.3 Å². The van der Waals surface area contributed by atoms with Crippen LogP contribution < -0.4 is 11.3 Å². The highest BCUT2D eigenvalue weighted by atomic mass is 32.1. The zero-order valence-corrected chi connectivity index (χ0v) is 13.7. The third-order valence-electron chi connectivity index (χ3n) is 3.81. The van der Waals surface area contributed by atoms with Gasteiger partial charge in [-0.1, -0.05) is 0 Å². The van der Waals surface area contributed by atoms with Gasteiger partial charge in [-0.15, -0.1) is 11.3 Å². The van der Waals surface area contributed by atoms with Gasteiger partial charge >= 0.3 is 0 Å². The third-order valence-corrected chi connectivity index (χ3v) is 4.76. The number of amides is 1. The summed E-state index contributed by atoms with van der Waals surface area (Å²) in [4.78, 5) is 19.5. The Hall–Kier alpha value is -0.990. The minimum atomic E-state index is -0.190. The van der Waals surface area contributed by atoms with Gasteiger partial charge in [0.15, 0.2) is 0 Å². The van der Waals surface area contributed by atoms with E-state index >= 15 is 0 Å². The molecule has 1 saturated heterocycles. The normalized spacial score (nSPS) is 17.3. The molecule has 2 rings (SSSR count). The van der Waals surface area contributed by atoms with E-state index in [4.69, 9.17) is 5.84 Å². The molecule has 1 fully saturated rings. The van der Waals surface area contributed by atoms with Gasteiger partial charge in [0.05, 0.1) is 4.88 Å². The first-order chi connectivity index (χ1) is 10.1. The van der Waals surface area contributed by atoms with Crippen molar-refractivity contribution in [1.82, 2.24) is 20.1 Å². The first kappa shape index (κ1) is 16.4. The monoisotopic (exact) mass is 311 g/mol. The molecule has 0 bridgehead atoms. The number of hydrogen-bond acceptors (Lipinski definition) is 6. The average Bonchev–Trinajstić information content (AvgIpc) is 2.94. The first-order valence-corrected chi connectivity index (χ1v) is 8.15. The first-order valence-electron chi connectivity index (χ1n) is 7.27. The lowest BCUT2D eigenvalue weighted by molar-refractivity contribution is 0.0952. The van der Waals surface area contributed by atoms with Crippen LogP contribution in [-0.4, -0.2) is 74.0 Å². The summed E-state index contributed by atoms with van der Waals surface area (Å²) in [5.41, 5.74) is 3.29. The van der Waals surface area contributed by atoms with Crippen LogP contribution in [0.2, 0.25) is 0 Å². The summed E-state index contributed by atoms with van der Waals surface area (Å²) in [7, 11) is 4.22. The molecule has 1 aromatic rings. The molecule has 21 heavy (non-hydrogen) atoms. The number of likely N-dealkylation sites (N-methyl/N-ethyl adjacent to an activating group) is 1. The predicted molar refractivity (Wildman–Crippen MR) is 86.2 cm³/mol. The van der Waals surface area contributed by atoms with E-state index in [1.807, 2.05) is 11.4 Å². The van der Waals surface area contributed by atoms with Crippen molar-refractivity contribution in [3.05, 3.63) is 21.9 Å². The molecule has 0 aliphatic carbocycles. The largest absolute Gasteiger partial charge is 0.308 e. The van der Waals surface area contributed by atoms with E-state index in [9.17, 15) is 4.79 Å². The van der Waals surface area contributed by atoms with Crippen LogP contribution in [0.15, 0.2) is 11.4 Å². The third kappa shape index (κ3) is 4.76. The fourth-order valence-electron chi connectivity index (χ4n) is 2.48. The van der Waals surface area contributed by atoms with Crippen molar-refractivity contribution in [2.75, 3.05) is 53.4 Å². The Kier molecular flexibility index (Phi) is 6.13. The van der Waals surface area contributed by atoms with Gasteiger partial charge in [0.1, 0.15) is 0 Å². The minimum absolute atomic E-state index is 0.190. The Labute approximate surface area is 130 Å². The number of hydrazine groups is 1. The van der Waals surface area contributed by atoms with Gasteiger partial charge in [0.25, 0.3) is 5.91 Å². The van der Waals surface area contributed by atoms with Crippen molar-refractivity contribution in [2.24, 2.45) is 5.84 Å². The number of nitrogens with two attached hydrogens (primary N) is 1. The summed E-state index contributed by atoms with van der Waals surface area (Å²) in [6, 6.07) is 2.02. The number of rotatable bonds is 6. The predicted octanol–water partition coefficient (Wildman–Crippen LogP) is 0.0308. The highest BCUT2D eigenvalue weighted by Crippen LogP contribution is 2.19. The quantitative estimate of drug-likeness (QED) is 0.441. The number of piperazine rings is 1. The Morgan fingerprint density at radius 2 is 2.00 bits per heavy atom. The molecule has 0 atom stereocenters. The SMILES string of the molecule is CN(C)CCN1CCN(Cc2ccsc2C(=O)NN)CC1. The summed E-state index contributed by atoms with van der Waals surface area (Å²) in [6.45, 7) is 7.34. The lowest BCUT2D eigenvalue weighted by Gasteiger charge is -2.35. The molecule has 1 aromatic heterocycles. The van der Waals surface area contributed by atoms with Crippen molar-refractivity contribution in [3.8, 4) is 0 Å². The Morgan fingerprint density at radius 1 is 1.33 bits per heavy atom. The highest BCUT2D eigenvalue weighted by Gasteiger charge is 2.19. The van der Waals surface area contributed by atoms with Gasteiger partial charge in [-0.05, 0) is 31.1 Å². The molecule has 0 saturated carbocycles. The zero-order chi connectivity index (χ0) is 15.2. The number of hydrogen-bond donors (Lipinski definition) is 2. The molecule has 0 radical (unpaired) electrons. The van der Waals surface area contributed by atoms with Crippen molar-refractivity contribution in [1.29, 1.82) is 0 Å². The van der Waals surface area contributed by atoms with Gasteiger partial charge < -0.3 is 4.90 Å². The second-order valence-corrected chi connectivity index (χ2v) is 6.59. The van der Waals surface area contributed by atoms with E-state index in [0.717, 1.165) is 56.3 Å². The van der Waals surface area contributed by atoms with Crippen molar-refractivity contribution in [3.63, 3.8) is 0 Å². The standard InChI is InChI=1S/C14H25N5OS/c1-17(2)4-5-18-6-8-19(9-7-18)11-12-3-10-21-13(12)14(20)16-15/h3,10H,4-9,11,15H2,1-2H3,(H,16,20). The fraction of sp³-hybridized carbons (Fsp3) is 0.643. The van der Waals surface area contributed by atoms with Gasteiger partial charge in [-0.25, -0.2) is 5.84 Å². The molecule has 1 aliphatic heterocycles. The van der Waals surface area contributed by atoms with Gasteiger partial charge in [-0.2, -0.15) is 0 Å². The fourth-order valence-corrected chi connectivity index (χ4v) is 3.30. The lowest BCUT2D eigenvalue weighted by atomic mass is 10.2. The minimum Gasteiger partial charge on any atom is -0.308 e. The number of carbonyl (C=O) groups excluding carboxylic acids is 1. The van der Waals surface area contributed by atoms with Crippen LogP contribution in [0.1, 0.15) is 15.2 Å². The molecule has 1 amide bonds. The van der Waals surface area contributed by atoms with E-state index in [-0.39, 0.29) is 5.91 Å². The van der Waals surface area contributed by atoms with Crippen LogP contribution in [-0.2, 0) is 6.54 Å². The summed E-state index contributed by atoms with van der Waals surface area (Å²) < 4.78 is 0. The van der Waals surface area contributed by atoms with Crippen LogP contribution in [0.4, 0.5) is 0 Å². The molecule has 6 nitrogen and oxygen atoms in total. The van der Waals surface area contributed by atoms with Gasteiger partial charge in [0.2, 0.25) is 0 Å². The van der Waals surface area contributed by atoms with E-state index in [1.54, 1.807) is 0 Å². The van der Waals surface area contributed by atoms with Crippen LogP contribution in [0.5, 0.6) is 0 Å². The van der Waals surface area contributed by atoms with Gasteiger partial charge in [0, 0.05) is 45.8 Å². The number of thiophene rings is 1. The molecule has 118 valence electrons. The second-order valence-electron chi connectivity index (χ2n) is 5.67. The van der Waals surface area contributed by atoms with Crippen molar-refractivity contribution in [2.45, 2.75) is 6.54 Å². The smallest absolute Gasteiger partial charge is 0.275 e. The molecule has 2 heterocycles. The number of carbonyl (C=O) groups is 1. The Morgan fingerprint density at radius 3 is 2.62 bits per heavy atom. The van der Waals surface area contributed by atoms with Crippen molar-refractivity contribution < 1.29 is 4.79 Å². The summed E-state index contributed by atoms with van der Waals surface area (Å²) >= 11 is 1.45. The average molecular weight is 311 g/mol. The van der Waals surface area contributed by atoms with E-state index in [0.29, 0.717) is 0 Å². The summed E-state index contributed by atoms with van der Waals surface area (Å²) in [6.07, 6.45) is 0. The molecule has 1 aliphatic rings. The maximum Gasteiger partial charge on any atom is 0.275 e. The second kappa shape index (κ2) is 7.86. The molecule has 7 heteroatoms. The number of nitrogens with zero attached hydrogens (tertiary/aromatic N) is 3. The van der Waals surface area contributed by atoms with Gasteiger partial charge in [-0.3, -0.25) is 20.0 Å². The van der Waals surface area contributed by atoms with E-state index in [2.05, 4.69) is 34.2 Å². The van der Waals surface area contributed by atoms with Crippen LogP contribution >= 0.6 is 11.3 Å². The molecule has 0 spiro atoms. The molecule has 3 N–H and O–H groups in total. The summed E-state index contributed by atoms with van der Waals surface area (Å²) in [5, 5.41) is 1.95. The Bertz CT molecular complexity index is 454. The number of nitrogens with one attached hydrogen (secondary N) is 1. The molecular formula is C14H25N5OS. The molecule has 0 unspecified atom stereocenters. The highest BCUT2D eigenvalue weighted by molar-refractivity contribution is 7.12. The topological polar surface area (TPSA) is 64.8 Å².